The third-order valence-electron chi connectivity index (χ3n) is 3.58. The van der Waals surface area contributed by atoms with Crippen molar-refractivity contribution >= 4 is 28.2 Å². The summed E-state index contributed by atoms with van der Waals surface area (Å²) in [6, 6.07) is 7.41. The number of rotatable bonds is 0. The van der Waals surface area contributed by atoms with Crippen molar-refractivity contribution in [1.82, 2.24) is 0 Å². The van der Waals surface area contributed by atoms with Gasteiger partial charge in [-0.2, -0.15) is 0 Å². The lowest BCUT2D eigenvalue weighted by atomic mass is 9.83. The van der Waals surface area contributed by atoms with Crippen molar-refractivity contribution in [2.75, 3.05) is 0 Å². The van der Waals surface area contributed by atoms with Crippen molar-refractivity contribution < 1.29 is 9.59 Å². The number of hydrogen-bond acceptors (Lipinski definition) is 3. The maximum Gasteiger partial charge on any atom is 0.233 e. The van der Waals surface area contributed by atoms with Gasteiger partial charge in [0.25, 0.3) is 0 Å². The molecular weight excluding hydrogens is 256 g/mol. The molecule has 2 atom stereocenters. The normalized spacial score (nSPS) is 24.6. The molecule has 1 aromatic carbocycles. The Morgan fingerprint density at radius 2 is 1.53 bits per heavy atom. The van der Waals surface area contributed by atoms with Crippen molar-refractivity contribution in [3.8, 4) is 0 Å². The van der Waals surface area contributed by atoms with E-state index in [0.717, 1.165) is 16.0 Å². The molecular formula is C16H18O2S. The van der Waals surface area contributed by atoms with Crippen molar-refractivity contribution in [3.05, 3.63) is 41.0 Å². The van der Waals surface area contributed by atoms with Gasteiger partial charge in [0.15, 0.2) is 0 Å². The number of ketones is 2. The van der Waals surface area contributed by atoms with Gasteiger partial charge in [0.1, 0.15) is 0 Å². The van der Waals surface area contributed by atoms with Gasteiger partial charge in [-0.1, -0.05) is 52.0 Å². The number of carbonyl (C=O) groups is 2. The fourth-order valence-corrected chi connectivity index (χ4v) is 3.86. The number of thioether (sulfide) groups is 1. The molecule has 0 aromatic heterocycles. The lowest BCUT2D eigenvalue weighted by Gasteiger charge is -2.17. The average molecular weight is 274 g/mol. The van der Waals surface area contributed by atoms with Crippen LogP contribution in [-0.4, -0.2) is 16.8 Å². The summed E-state index contributed by atoms with van der Waals surface area (Å²) in [6.07, 6.45) is 0. The molecule has 3 heteroatoms. The molecule has 1 aliphatic carbocycles. The Bertz CT molecular complexity index is 572. The van der Waals surface area contributed by atoms with E-state index >= 15 is 0 Å². The molecule has 0 fully saturated rings. The van der Waals surface area contributed by atoms with Crippen LogP contribution in [0.2, 0.25) is 0 Å². The van der Waals surface area contributed by atoms with Gasteiger partial charge in [-0.05, 0) is 11.5 Å². The molecule has 100 valence electrons. The van der Waals surface area contributed by atoms with Gasteiger partial charge in [-0.25, -0.2) is 0 Å². The summed E-state index contributed by atoms with van der Waals surface area (Å²) >= 11 is 1.71. The predicted octanol–water partition coefficient (Wildman–Crippen LogP) is 3.96. The molecule has 1 aromatic rings. The van der Waals surface area contributed by atoms with Gasteiger partial charge < -0.3 is 0 Å². The van der Waals surface area contributed by atoms with Crippen molar-refractivity contribution in [2.45, 2.75) is 32.9 Å². The second-order valence-electron chi connectivity index (χ2n) is 4.56. The number of fused-ring (bicyclic) bond motifs is 2. The quantitative estimate of drug-likeness (QED) is 0.671. The fraction of sp³-hybridized carbons (Fsp3) is 0.375. The summed E-state index contributed by atoms with van der Waals surface area (Å²) in [5.41, 5.74) is 2.23. The molecule has 2 aliphatic rings. The first-order chi connectivity index (χ1) is 9.11. The van der Waals surface area contributed by atoms with Gasteiger partial charge in [-0.3, -0.25) is 9.59 Å². The van der Waals surface area contributed by atoms with Crippen LogP contribution in [0.4, 0.5) is 0 Å². The van der Waals surface area contributed by atoms with Crippen LogP contribution in [0, 0.1) is 5.92 Å². The highest BCUT2D eigenvalue weighted by Gasteiger charge is 2.41. The highest BCUT2D eigenvalue weighted by atomic mass is 32.2. The summed E-state index contributed by atoms with van der Waals surface area (Å²) in [4.78, 5) is 25.1. The second kappa shape index (κ2) is 5.33. The summed E-state index contributed by atoms with van der Waals surface area (Å²) < 4.78 is 0. The largest absolute Gasteiger partial charge is 0.285 e. The Morgan fingerprint density at radius 1 is 0.947 bits per heavy atom. The number of hydrogen-bond donors (Lipinski definition) is 0. The zero-order chi connectivity index (χ0) is 14.2. The van der Waals surface area contributed by atoms with Crippen molar-refractivity contribution in [1.29, 1.82) is 0 Å². The molecule has 0 bridgehead atoms. The smallest absolute Gasteiger partial charge is 0.233 e. The van der Waals surface area contributed by atoms with E-state index in [1.54, 1.807) is 17.8 Å². The third kappa shape index (κ3) is 2.06. The molecule has 3 rings (SSSR count). The van der Waals surface area contributed by atoms with E-state index in [4.69, 9.17) is 0 Å². The molecule has 1 heterocycles. The molecule has 0 N–H and O–H groups in total. The van der Waals surface area contributed by atoms with Crippen molar-refractivity contribution in [2.24, 2.45) is 5.92 Å². The zero-order valence-electron chi connectivity index (χ0n) is 11.7. The third-order valence-corrected chi connectivity index (χ3v) is 5.03. The van der Waals surface area contributed by atoms with E-state index in [1.807, 2.05) is 39.0 Å². The number of allylic oxidation sites excluding steroid dienone is 1. The average Bonchev–Trinajstić information content (AvgIpc) is 2.75. The minimum atomic E-state index is -0.346. The Balaban J connectivity index is 0.000000637. The zero-order valence-corrected chi connectivity index (χ0v) is 12.5. The molecule has 0 spiro atoms. The van der Waals surface area contributed by atoms with E-state index in [1.165, 1.54) is 0 Å². The monoisotopic (exact) mass is 274 g/mol. The Hall–Kier alpha value is -1.35. The van der Waals surface area contributed by atoms with Crippen LogP contribution in [-0.2, 0) is 4.79 Å². The first-order valence-electron chi connectivity index (χ1n) is 6.70. The summed E-state index contributed by atoms with van der Waals surface area (Å²) in [5, 5.41) is 0.364. The molecule has 19 heavy (non-hydrogen) atoms. The van der Waals surface area contributed by atoms with E-state index in [9.17, 15) is 9.59 Å². The SMILES string of the molecule is CC.CC1SC2=C(C(=O)C(=O)c3ccccc32)C1C. The van der Waals surface area contributed by atoms with Crippen LogP contribution < -0.4 is 0 Å². The predicted molar refractivity (Wildman–Crippen MR) is 80.3 cm³/mol. The highest BCUT2D eigenvalue weighted by Crippen LogP contribution is 2.50. The van der Waals surface area contributed by atoms with E-state index < -0.39 is 0 Å². The van der Waals surface area contributed by atoms with Crippen LogP contribution in [0.15, 0.2) is 29.8 Å². The topological polar surface area (TPSA) is 34.1 Å². The summed E-state index contributed by atoms with van der Waals surface area (Å²) in [6.45, 7) is 8.13. The molecule has 1 aliphatic heterocycles. The minimum Gasteiger partial charge on any atom is -0.285 e. The van der Waals surface area contributed by atoms with Gasteiger partial charge >= 0.3 is 0 Å². The van der Waals surface area contributed by atoms with Gasteiger partial charge in [0.05, 0.1) is 0 Å². The van der Waals surface area contributed by atoms with Gasteiger partial charge in [0.2, 0.25) is 11.6 Å². The highest BCUT2D eigenvalue weighted by molar-refractivity contribution is 8.09. The summed E-state index contributed by atoms with van der Waals surface area (Å²) in [5.74, 6) is -0.483. The number of carbonyl (C=O) groups excluding carboxylic acids is 2. The van der Waals surface area contributed by atoms with E-state index in [2.05, 4.69) is 6.92 Å². The van der Waals surface area contributed by atoms with Gasteiger partial charge in [0, 0.05) is 21.3 Å². The number of Topliss-reactive ketones (excluding diaryl/α,β-unsaturated/α-hetero) is 2. The minimum absolute atomic E-state index is 0.166. The Morgan fingerprint density at radius 3 is 2.16 bits per heavy atom. The maximum absolute atomic E-state index is 12.1. The first-order valence-corrected chi connectivity index (χ1v) is 7.58. The molecule has 0 radical (unpaired) electrons. The van der Waals surface area contributed by atoms with Crippen LogP contribution >= 0.6 is 11.8 Å². The molecule has 2 nitrogen and oxygen atoms in total. The second-order valence-corrected chi connectivity index (χ2v) is 5.95. The molecule has 0 saturated heterocycles. The summed E-state index contributed by atoms with van der Waals surface area (Å²) in [7, 11) is 0. The van der Waals surface area contributed by atoms with E-state index in [-0.39, 0.29) is 17.5 Å². The first kappa shape index (κ1) is 14.1. The lowest BCUT2D eigenvalue weighted by molar-refractivity contribution is -0.112. The fourth-order valence-electron chi connectivity index (χ4n) is 2.44. The van der Waals surface area contributed by atoms with Crippen LogP contribution in [0.3, 0.4) is 0 Å². The van der Waals surface area contributed by atoms with Crippen LogP contribution in [0.5, 0.6) is 0 Å². The molecule has 0 saturated carbocycles. The lowest BCUT2D eigenvalue weighted by Crippen LogP contribution is -2.25. The van der Waals surface area contributed by atoms with E-state index in [0.29, 0.717) is 10.8 Å². The number of benzene rings is 1. The molecule has 0 amide bonds. The van der Waals surface area contributed by atoms with Crippen LogP contribution in [0.25, 0.3) is 4.91 Å². The molecule has 2 unspecified atom stereocenters. The van der Waals surface area contributed by atoms with Crippen molar-refractivity contribution in [3.63, 3.8) is 0 Å². The maximum atomic E-state index is 12.1. The Kier molecular flexibility index (Phi) is 3.95. The standard InChI is InChI=1S/C14H12O2S.C2H6/c1-7-8(2)17-14-10-6-4-3-5-9(10)12(15)13(16)11(7)14;1-2/h3-8H,1-2H3;1-2H3. The van der Waals surface area contributed by atoms with Gasteiger partial charge in [-0.15, -0.1) is 11.8 Å². The van der Waals surface area contributed by atoms with Crippen LogP contribution in [0.1, 0.15) is 43.6 Å². The Labute approximate surface area is 118 Å².